The van der Waals surface area contributed by atoms with Crippen LogP contribution in [0.3, 0.4) is 0 Å². The molecule has 22 heavy (non-hydrogen) atoms. The highest BCUT2D eigenvalue weighted by Gasteiger charge is 2.37. The zero-order valence-corrected chi connectivity index (χ0v) is 12.7. The molecule has 1 aliphatic rings. The number of benzene rings is 1. The molecule has 0 unspecified atom stereocenters. The zero-order chi connectivity index (χ0) is 16.5. The first-order valence-corrected chi connectivity index (χ1v) is 6.77. The number of anilines is 1. The lowest BCUT2D eigenvalue weighted by atomic mass is 10.0. The summed E-state index contributed by atoms with van der Waals surface area (Å²) in [5, 5.41) is 9.18. The zero-order valence-electron chi connectivity index (χ0n) is 12.7. The first-order valence-electron chi connectivity index (χ1n) is 6.77. The van der Waals surface area contributed by atoms with Crippen molar-refractivity contribution in [1.82, 2.24) is 4.90 Å². The lowest BCUT2D eigenvalue weighted by Crippen LogP contribution is -2.54. The summed E-state index contributed by atoms with van der Waals surface area (Å²) in [6.45, 7) is 2.49. The molecule has 2 rings (SSSR count). The molecule has 7 nitrogen and oxygen atoms in total. The molecule has 1 aromatic rings. The molecule has 1 N–H and O–H groups in total. The number of rotatable bonds is 4. The van der Waals surface area contributed by atoms with Crippen LogP contribution >= 0.6 is 0 Å². The second kappa shape index (κ2) is 5.67. The molecule has 2 amide bonds. The molecular formula is C15H18N2O5. The Hall–Kier alpha value is -2.57. The fraction of sp³-hybridized carbons (Fsp3) is 0.400. The van der Waals surface area contributed by atoms with Gasteiger partial charge in [0.1, 0.15) is 17.8 Å². The minimum absolute atomic E-state index is 0.143. The van der Waals surface area contributed by atoms with E-state index in [-0.39, 0.29) is 19.1 Å². The Balaban J connectivity index is 2.22. The van der Waals surface area contributed by atoms with Crippen LogP contribution in [0.1, 0.15) is 13.8 Å². The molecule has 0 aliphatic carbocycles. The highest BCUT2D eigenvalue weighted by Crippen LogP contribution is 2.31. The highest BCUT2D eigenvalue weighted by molar-refractivity contribution is 6.02. The van der Waals surface area contributed by atoms with Crippen molar-refractivity contribution >= 4 is 23.5 Å². The van der Waals surface area contributed by atoms with Crippen LogP contribution in [0.15, 0.2) is 24.3 Å². The summed E-state index contributed by atoms with van der Waals surface area (Å²) in [4.78, 5) is 38.0. The fourth-order valence-electron chi connectivity index (χ4n) is 2.02. The van der Waals surface area contributed by atoms with Crippen molar-refractivity contribution < 1.29 is 24.2 Å². The topological polar surface area (TPSA) is 87.2 Å². The fourth-order valence-corrected chi connectivity index (χ4v) is 2.02. The Morgan fingerprint density at radius 1 is 1.36 bits per heavy atom. The number of hydrogen-bond donors (Lipinski definition) is 1. The first kappa shape index (κ1) is 15.8. The van der Waals surface area contributed by atoms with Gasteiger partial charge in [-0.15, -0.1) is 0 Å². The smallest absolute Gasteiger partial charge is 0.329 e. The van der Waals surface area contributed by atoms with E-state index in [1.807, 2.05) is 0 Å². The number of likely N-dealkylation sites (N-methyl/N-ethyl adjacent to an activating group) is 1. The van der Waals surface area contributed by atoms with Gasteiger partial charge in [-0.1, -0.05) is 12.1 Å². The van der Waals surface area contributed by atoms with Gasteiger partial charge in [-0.05, 0) is 26.0 Å². The summed E-state index contributed by atoms with van der Waals surface area (Å²) >= 11 is 0. The Bertz CT molecular complexity index is 626. The molecule has 118 valence electrons. The first-order chi connectivity index (χ1) is 10.2. The summed E-state index contributed by atoms with van der Waals surface area (Å²) in [6, 6.07) is 6.91. The number of hydrogen-bond acceptors (Lipinski definition) is 4. The van der Waals surface area contributed by atoms with Gasteiger partial charge in [0.15, 0.2) is 6.61 Å². The SMILES string of the molecule is CN(C(=O)CN1C(=O)COc2ccccc21)C(C)(C)C(=O)O. The van der Waals surface area contributed by atoms with Crippen molar-refractivity contribution in [3.05, 3.63) is 24.3 Å². The van der Waals surface area contributed by atoms with Crippen molar-refractivity contribution in [3.63, 3.8) is 0 Å². The molecule has 1 aliphatic heterocycles. The van der Waals surface area contributed by atoms with Crippen molar-refractivity contribution in [3.8, 4) is 5.75 Å². The van der Waals surface area contributed by atoms with E-state index in [1.165, 1.54) is 25.8 Å². The molecule has 1 heterocycles. The number of carboxylic acid groups (broad SMARTS) is 1. The van der Waals surface area contributed by atoms with Crippen molar-refractivity contribution in [2.75, 3.05) is 25.1 Å². The van der Waals surface area contributed by atoms with Crippen LogP contribution in [0.25, 0.3) is 0 Å². The highest BCUT2D eigenvalue weighted by atomic mass is 16.5. The van der Waals surface area contributed by atoms with E-state index in [4.69, 9.17) is 4.74 Å². The molecule has 0 saturated carbocycles. The number of carbonyl (C=O) groups is 3. The molecule has 0 aromatic heterocycles. The summed E-state index contributed by atoms with van der Waals surface area (Å²) < 4.78 is 5.30. The lowest BCUT2D eigenvalue weighted by molar-refractivity contribution is -0.154. The quantitative estimate of drug-likeness (QED) is 0.886. The third-order valence-electron chi connectivity index (χ3n) is 3.84. The standard InChI is InChI=1S/C15H18N2O5/c1-15(2,14(20)21)16(3)12(18)8-17-10-6-4-5-7-11(10)22-9-13(17)19/h4-7H,8-9H2,1-3H3,(H,20,21). The molecule has 1 aromatic carbocycles. The van der Waals surface area contributed by atoms with Gasteiger partial charge < -0.3 is 14.7 Å². The summed E-state index contributed by atoms with van der Waals surface area (Å²) in [7, 11) is 1.41. The van der Waals surface area contributed by atoms with E-state index >= 15 is 0 Å². The van der Waals surface area contributed by atoms with Gasteiger partial charge in [0.2, 0.25) is 5.91 Å². The predicted molar refractivity (Wildman–Crippen MR) is 78.8 cm³/mol. The van der Waals surface area contributed by atoms with Gasteiger partial charge >= 0.3 is 5.97 Å². The van der Waals surface area contributed by atoms with Gasteiger partial charge in [-0.3, -0.25) is 14.5 Å². The number of ether oxygens (including phenoxy) is 1. The Morgan fingerprint density at radius 3 is 2.64 bits per heavy atom. The lowest BCUT2D eigenvalue weighted by Gasteiger charge is -2.35. The Kier molecular flexibility index (Phi) is 4.07. The minimum atomic E-state index is -1.36. The molecular weight excluding hydrogens is 288 g/mol. The molecule has 0 saturated heterocycles. The van der Waals surface area contributed by atoms with E-state index < -0.39 is 17.4 Å². The molecule has 0 bridgehead atoms. The number of aliphatic carboxylic acids is 1. The third kappa shape index (κ3) is 2.74. The predicted octanol–water partition coefficient (Wildman–Crippen LogP) is 0.734. The van der Waals surface area contributed by atoms with Crippen molar-refractivity contribution in [2.45, 2.75) is 19.4 Å². The number of fused-ring (bicyclic) bond motifs is 1. The minimum Gasteiger partial charge on any atom is -0.482 e. The maximum Gasteiger partial charge on any atom is 0.329 e. The van der Waals surface area contributed by atoms with Crippen LogP contribution in [0.4, 0.5) is 5.69 Å². The van der Waals surface area contributed by atoms with Gasteiger partial charge in [0.05, 0.1) is 5.69 Å². The van der Waals surface area contributed by atoms with Crippen LogP contribution in [0, 0.1) is 0 Å². The van der Waals surface area contributed by atoms with Crippen molar-refractivity contribution in [1.29, 1.82) is 0 Å². The normalized spacial score (nSPS) is 14.1. The second-order valence-corrected chi connectivity index (χ2v) is 5.55. The van der Waals surface area contributed by atoms with Crippen LogP contribution in [-0.4, -0.2) is 53.5 Å². The molecule has 0 atom stereocenters. The second-order valence-electron chi connectivity index (χ2n) is 5.55. The largest absolute Gasteiger partial charge is 0.482 e. The number of nitrogens with zero attached hydrogens (tertiary/aromatic N) is 2. The van der Waals surface area contributed by atoms with E-state index in [0.29, 0.717) is 11.4 Å². The average Bonchev–Trinajstić information content (AvgIpc) is 2.49. The van der Waals surface area contributed by atoms with Gasteiger partial charge in [0, 0.05) is 7.05 Å². The van der Waals surface area contributed by atoms with Gasteiger partial charge in [0.25, 0.3) is 5.91 Å². The van der Waals surface area contributed by atoms with E-state index in [2.05, 4.69) is 0 Å². The molecule has 0 spiro atoms. The number of amides is 2. The number of para-hydroxylation sites is 2. The summed E-state index contributed by atoms with van der Waals surface area (Å²) in [5.41, 5.74) is -0.847. The van der Waals surface area contributed by atoms with Gasteiger partial charge in [-0.2, -0.15) is 0 Å². The van der Waals surface area contributed by atoms with Crippen molar-refractivity contribution in [2.24, 2.45) is 0 Å². The molecule has 0 radical (unpaired) electrons. The summed E-state index contributed by atoms with van der Waals surface area (Å²) in [5.74, 6) is -1.39. The number of carboxylic acids is 1. The molecule has 0 fully saturated rings. The van der Waals surface area contributed by atoms with E-state index in [9.17, 15) is 19.5 Å². The van der Waals surface area contributed by atoms with Crippen LogP contribution in [-0.2, 0) is 14.4 Å². The Morgan fingerprint density at radius 2 is 2.00 bits per heavy atom. The average molecular weight is 306 g/mol. The van der Waals surface area contributed by atoms with E-state index in [1.54, 1.807) is 24.3 Å². The Labute approximate surface area is 128 Å². The maximum atomic E-state index is 12.3. The number of carbonyl (C=O) groups excluding carboxylic acids is 2. The van der Waals surface area contributed by atoms with Crippen LogP contribution in [0.2, 0.25) is 0 Å². The van der Waals surface area contributed by atoms with Crippen LogP contribution < -0.4 is 9.64 Å². The van der Waals surface area contributed by atoms with E-state index in [0.717, 1.165) is 4.90 Å². The third-order valence-corrected chi connectivity index (χ3v) is 3.84. The molecule has 7 heteroatoms. The van der Waals surface area contributed by atoms with Crippen LogP contribution in [0.5, 0.6) is 5.75 Å². The van der Waals surface area contributed by atoms with Gasteiger partial charge in [-0.25, -0.2) is 4.79 Å². The maximum absolute atomic E-state index is 12.3. The monoisotopic (exact) mass is 306 g/mol. The summed E-state index contributed by atoms with van der Waals surface area (Å²) in [6.07, 6.45) is 0.